The first-order valence-electron chi connectivity index (χ1n) is 8.38. The van der Waals surface area contributed by atoms with Gasteiger partial charge in [0.2, 0.25) is 0 Å². The van der Waals surface area contributed by atoms with E-state index in [4.69, 9.17) is 16.1 Å². The highest BCUT2D eigenvalue weighted by Gasteiger charge is 2.29. The monoisotopic (exact) mass is 385 g/mol. The van der Waals surface area contributed by atoms with Gasteiger partial charge >= 0.3 is 5.97 Å². The third kappa shape index (κ3) is 3.43. The van der Waals surface area contributed by atoms with Gasteiger partial charge in [0, 0.05) is 49.2 Å². The Morgan fingerprint density at radius 1 is 1.07 bits per heavy atom. The van der Waals surface area contributed by atoms with Crippen LogP contribution in [0.3, 0.4) is 0 Å². The molecule has 1 saturated heterocycles. The summed E-state index contributed by atoms with van der Waals surface area (Å²) in [7, 11) is 0. The number of hydrogen-bond donors (Lipinski definition) is 1. The normalized spacial score (nSPS) is 14.4. The molecule has 1 fully saturated rings. The molecule has 2 aromatic heterocycles. The lowest BCUT2D eigenvalue weighted by molar-refractivity contribution is 0.0698. The van der Waals surface area contributed by atoms with Crippen LogP contribution < -0.4 is 9.80 Å². The Bertz CT molecular complexity index is 937. The van der Waals surface area contributed by atoms with Crippen LogP contribution in [0.25, 0.3) is 11.3 Å². The highest BCUT2D eigenvalue weighted by Crippen LogP contribution is 2.32. The zero-order chi connectivity index (χ0) is 18.8. The first-order valence-corrected chi connectivity index (χ1v) is 8.76. The van der Waals surface area contributed by atoms with Gasteiger partial charge in [0.15, 0.2) is 17.1 Å². The molecule has 1 N–H and O–H groups in total. The predicted octanol–water partition coefficient (Wildman–Crippen LogP) is 2.81. The smallest absolute Gasteiger partial charge is 0.343 e. The first kappa shape index (κ1) is 17.3. The van der Waals surface area contributed by atoms with Crippen LogP contribution in [-0.4, -0.2) is 52.4 Å². The van der Waals surface area contributed by atoms with Crippen LogP contribution in [0.15, 0.2) is 47.4 Å². The Morgan fingerprint density at radius 3 is 2.41 bits per heavy atom. The lowest BCUT2D eigenvalue weighted by Gasteiger charge is -2.35. The third-order valence-corrected chi connectivity index (χ3v) is 4.70. The minimum Gasteiger partial charge on any atom is -0.477 e. The lowest BCUT2D eigenvalue weighted by atomic mass is 10.1. The Kier molecular flexibility index (Phi) is 4.64. The van der Waals surface area contributed by atoms with Gasteiger partial charge in [-0.2, -0.15) is 0 Å². The predicted molar refractivity (Wildman–Crippen MR) is 100 cm³/mol. The summed E-state index contributed by atoms with van der Waals surface area (Å²) in [6, 6.07) is 6.80. The van der Waals surface area contributed by atoms with Crippen LogP contribution in [0, 0.1) is 0 Å². The summed E-state index contributed by atoms with van der Waals surface area (Å²) in [5, 5.41) is 14.3. The van der Waals surface area contributed by atoms with Crippen molar-refractivity contribution < 1.29 is 14.4 Å². The number of aromatic carboxylic acids is 1. The Balaban J connectivity index is 1.58. The van der Waals surface area contributed by atoms with Crippen LogP contribution in [0.1, 0.15) is 10.4 Å². The molecule has 0 spiro atoms. The van der Waals surface area contributed by atoms with Gasteiger partial charge in [-0.15, -0.1) is 0 Å². The van der Waals surface area contributed by atoms with Crippen molar-refractivity contribution in [3.05, 3.63) is 53.4 Å². The van der Waals surface area contributed by atoms with E-state index in [1.54, 1.807) is 42.9 Å². The molecular weight excluding hydrogens is 370 g/mol. The molecule has 0 aliphatic carbocycles. The fraction of sp³-hybridized carbons (Fsp3) is 0.222. The SMILES string of the molecule is O=C(O)c1c(N2CCN(c3cnccn3)CC2)noc1-c1ccc(Cl)cc1. The standard InChI is InChI=1S/C18H16ClN5O3/c19-13-3-1-12(2-4-13)16-15(18(25)26)17(22-27-16)24-9-7-23(8-10-24)14-11-20-5-6-21-14/h1-6,11H,7-10H2,(H,25,26). The zero-order valence-corrected chi connectivity index (χ0v) is 15.0. The first-order chi connectivity index (χ1) is 13.1. The number of carboxylic acids is 1. The Morgan fingerprint density at radius 2 is 1.78 bits per heavy atom. The van der Waals surface area contributed by atoms with Crippen molar-refractivity contribution in [2.45, 2.75) is 0 Å². The number of anilines is 2. The van der Waals surface area contributed by atoms with E-state index in [0.717, 1.165) is 5.82 Å². The van der Waals surface area contributed by atoms with Crippen LogP contribution in [-0.2, 0) is 0 Å². The van der Waals surface area contributed by atoms with E-state index in [9.17, 15) is 9.90 Å². The van der Waals surface area contributed by atoms with Gasteiger partial charge in [-0.3, -0.25) is 4.98 Å². The molecule has 27 heavy (non-hydrogen) atoms. The average molecular weight is 386 g/mol. The molecule has 0 saturated carbocycles. The van der Waals surface area contributed by atoms with E-state index >= 15 is 0 Å². The molecule has 0 unspecified atom stereocenters. The second-order valence-electron chi connectivity index (χ2n) is 6.06. The summed E-state index contributed by atoms with van der Waals surface area (Å²) in [5.74, 6) is 0.293. The van der Waals surface area contributed by atoms with Gasteiger partial charge in [0.1, 0.15) is 5.82 Å². The van der Waals surface area contributed by atoms with E-state index in [2.05, 4.69) is 20.0 Å². The zero-order valence-electron chi connectivity index (χ0n) is 14.2. The highest BCUT2D eigenvalue weighted by atomic mass is 35.5. The van der Waals surface area contributed by atoms with E-state index in [1.165, 1.54) is 0 Å². The molecule has 8 nitrogen and oxygen atoms in total. The molecule has 0 bridgehead atoms. The molecule has 1 aliphatic rings. The number of rotatable bonds is 4. The van der Waals surface area contributed by atoms with Crippen molar-refractivity contribution in [2.24, 2.45) is 0 Å². The fourth-order valence-electron chi connectivity index (χ4n) is 3.09. The number of halogens is 1. The largest absolute Gasteiger partial charge is 0.477 e. The third-order valence-electron chi connectivity index (χ3n) is 4.45. The maximum atomic E-state index is 11.9. The van der Waals surface area contributed by atoms with Gasteiger partial charge in [0.05, 0.1) is 6.20 Å². The van der Waals surface area contributed by atoms with Crippen LogP contribution in [0.4, 0.5) is 11.6 Å². The van der Waals surface area contributed by atoms with Crippen molar-refractivity contribution in [1.82, 2.24) is 15.1 Å². The van der Waals surface area contributed by atoms with Gasteiger partial charge in [0.25, 0.3) is 0 Å². The molecule has 0 radical (unpaired) electrons. The van der Waals surface area contributed by atoms with Crippen molar-refractivity contribution in [3.63, 3.8) is 0 Å². The second kappa shape index (κ2) is 7.24. The minimum atomic E-state index is -1.08. The molecule has 3 aromatic rings. The topological polar surface area (TPSA) is 95.6 Å². The van der Waals surface area contributed by atoms with Crippen molar-refractivity contribution in [3.8, 4) is 11.3 Å². The van der Waals surface area contributed by atoms with Gasteiger partial charge in [-0.1, -0.05) is 16.8 Å². The van der Waals surface area contributed by atoms with Gasteiger partial charge in [-0.25, -0.2) is 9.78 Å². The summed E-state index contributed by atoms with van der Waals surface area (Å²) >= 11 is 5.91. The second-order valence-corrected chi connectivity index (χ2v) is 6.50. The van der Waals surface area contributed by atoms with Crippen LogP contribution >= 0.6 is 11.6 Å². The number of nitrogens with zero attached hydrogens (tertiary/aromatic N) is 5. The molecule has 138 valence electrons. The van der Waals surface area contributed by atoms with Gasteiger partial charge in [-0.05, 0) is 24.3 Å². The number of carboxylic acid groups (broad SMARTS) is 1. The quantitative estimate of drug-likeness (QED) is 0.732. The van der Waals surface area contributed by atoms with Crippen molar-refractivity contribution >= 4 is 29.2 Å². The number of hydrogen-bond acceptors (Lipinski definition) is 7. The summed E-state index contributed by atoms with van der Waals surface area (Å²) in [6.45, 7) is 2.56. The maximum Gasteiger partial charge on any atom is 0.343 e. The van der Waals surface area contributed by atoms with Crippen LogP contribution in [0.5, 0.6) is 0 Å². The Labute approximate surface area is 160 Å². The lowest BCUT2D eigenvalue weighted by Crippen LogP contribution is -2.47. The number of aromatic nitrogens is 3. The van der Waals surface area contributed by atoms with E-state index in [1.807, 2.05) is 4.90 Å². The molecule has 4 rings (SSSR count). The molecule has 0 amide bonds. The summed E-state index contributed by atoms with van der Waals surface area (Å²) in [5.41, 5.74) is 0.680. The fourth-order valence-corrected chi connectivity index (χ4v) is 3.22. The van der Waals surface area contributed by atoms with Crippen LogP contribution in [0.2, 0.25) is 5.02 Å². The summed E-state index contributed by atoms with van der Waals surface area (Å²) in [6.07, 6.45) is 5.00. The van der Waals surface area contributed by atoms with Gasteiger partial charge < -0.3 is 19.4 Å². The molecule has 9 heteroatoms. The van der Waals surface area contributed by atoms with E-state index in [-0.39, 0.29) is 11.3 Å². The number of piperazine rings is 1. The van der Waals surface area contributed by atoms with E-state index < -0.39 is 5.97 Å². The summed E-state index contributed by atoms with van der Waals surface area (Å²) < 4.78 is 5.40. The molecule has 0 atom stereocenters. The Hall–Kier alpha value is -3.13. The minimum absolute atomic E-state index is 0.0604. The van der Waals surface area contributed by atoms with Crippen molar-refractivity contribution in [1.29, 1.82) is 0 Å². The highest BCUT2D eigenvalue weighted by molar-refractivity contribution is 6.30. The summed E-state index contributed by atoms with van der Waals surface area (Å²) in [4.78, 5) is 24.3. The molecule has 3 heterocycles. The van der Waals surface area contributed by atoms with Crippen molar-refractivity contribution in [2.75, 3.05) is 36.0 Å². The van der Waals surface area contributed by atoms with E-state index in [0.29, 0.717) is 42.6 Å². The average Bonchev–Trinajstić information content (AvgIpc) is 3.15. The number of benzene rings is 1. The molecule has 1 aromatic carbocycles. The maximum absolute atomic E-state index is 11.9. The number of carbonyl (C=O) groups is 1. The molecule has 1 aliphatic heterocycles. The molecular formula is C18H16ClN5O3.